The average molecular weight is 395 g/mol. The Morgan fingerprint density at radius 1 is 1.25 bits per heavy atom. The largest absolute Gasteiger partial charge is 0.546 e. The van der Waals surface area contributed by atoms with Crippen molar-refractivity contribution in [3.05, 3.63) is 64.6 Å². The van der Waals surface area contributed by atoms with E-state index in [1.807, 2.05) is 30.3 Å². The normalized spacial score (nSPS) is 16.8. The molecule has 28 heavy (non-hydrogen) atoms. The Morgan fingerprint density at radius 2 is 2.00 bits per heavy atom. The third kappa shape index (κ3) is 4.80. The van der Waals surface area contributed by atoms with Crippen molar-refractivity contribution in [3.8, 4) is 5.75 Å². The molecule has 6 nitrogen and oxygen atoms in total. The number of amidine groups is 1. The molecule has 1 heterocycles. The Bertz CT molecular complexity index is 951. The number of benzene rings is 2. The summed E-state index contributed by atoms with van der Waals surface area (Å²) in [6.07, 6.45) is 2.70. The fourth-order valence-corrected chi connectivity index (χ4v) is 3.54. The second-order valence-electron chi connectivity index (χ2n) is 6.12. The summed E-state index contributed by atoms with van der Waals surface area (Å²) in [6.45, 7) is 1.57. The summed E-state index contributed by atoms with van der Waals surface area (Å²) >= 11 is 1.29. The molecule has 0 atom stereocenters. The third-order valence-corrected chi connectivity index (χ3v) is 5.15. The maximum absolute atomic E-state index is 12.5. The van der Waals surface area contributed by atoms with Crippen LogP contribution in [0.3, 0.4) is 0 Å². The van der Waals surface area contributed by atoms with Crippen molar-refractivity contribution < 1.29 is 19.4 Å². The summed E-state index contributed by atoms with van der Waals surface area (Å²) in [4.78, 5) is 29.7. The molecule has 0 saturated carbocycles. The van der Waals surface area contributed by atoms with Crippen LogP contribution in [0.4, 0.5) is 5.69 Å². The molecule has 1 aliphatic rings. The number of aryl methyl sites for hydroxylation is 1. The number of carbonyl (C=O) groups is 2. The van der Waals surface area contributed by atoms with Crippen molar-refractivity contribution in [3.63, 3.8) is 0 Å². The van der Waals surface area contributed by atoms with Gasteiger partial charge in [0.25, 0.3) is 5.91 Å². The van der Waals surface area contributed by atoms with Crippen LogP contribution < -0.4 is 9.84 Å². The predicted octanol–water partition coefficient (Wildman–Crippen LogP) is 2.61. The van der Waals surface area contributed by atoms with E-state index < -0.39 is 12.6 Å². The molecular formula is C21H19N2O4S-. The minimum absolute atomic E-state index is 0.144. The molecule has 1 aliphatic heterocycles. The predicted molar refractivity (Wildman–Crippen MR) is 108 cm³/mol. The molecule has 1 saturated heterocycles. The van der Waals surface area contributed by atoms with Gasteiger partial charge in [-0.05, 0) is 59.7 Å². The monoisotopic (exact) mass is 395 g/mol. The number of nitrogens with zero attached hydrogens (tertiary/aromatic N) is 2. The highest BCUT2D eigenvalue weighted by molar-refractivity contribution is 8.18. The molecule has 144 valence electrons. The van der Waals surface area contributed by atoms with E-state index in [1.165, 1.54) is 22.2 Å². The fourth-order valence-electron chi connectivity index (χ4n) is 2.56. The molecule has 0 radical (unpaired) electrons. The van der Waals surface area contributed by atoms with Gasteiger partial charge in [0.15, 0.2) is 5.17 Å². The van der Waals surface area contributed by atoms with Crippen LogP contribution >= 0.6 is 11.8 Å². The Labute approximate surface area is 167 Å². The molecule has 0 bridgehead atoms. The maximum Gasteiger partial charge on any atom is 0.266 e. The molecule has 0 aromatic heterocycles. The van der Waals surface area contributed by atoms with E-state index in [2.05, 4.69) is 11.9 Å². The van der Waals surface area contributed by atoms with Crippen molar-refractivity contribution in [2.75, 3.05) is 13.7 Å². The number of likely N-dealkylation sites (N-methyl/N-ethyl adjacent to an activating group) is 1. The van der Waals surface area contributed by atoms with Gasteiger partial charge in [-0.2, -0.15) is 0 Å². The van der Waals surface area contributed by atoms with E-state index in [-0.39, 0.29) is 5.91 Å². The van der Waals surface area contributed by atoms with Gasteiger partial charge in [0, 0.05) is 7.05 Å². The number of thioether (sulfide) groups is 1. The lowest BCUT2D eigenvalue weighted by Gasteiger charge is -2.07. The van der Waals surface area contributed by atoms with Gasteiger partial charge >= 0.3 is 0 Å². The summed E-state index contributed by atoms with van der Waals surface area (Å²) < 4.78 is 5.12. The summed E-state index contributed by atoms with van der Waals surface area (Å²) in [5.74, 6) is -1.04. The van der Waals surface area contributed by atoms with Crippen LogP contribution in [0.1, 0.15) is 18.1 Å². The average Bonchev–Trinajstić information content (AvgIpc) is 2.95. The quantitative estimate of drug-likeness (QED) is 0.702. The van der Waals surface area contributed by atoms with Gasteiger partial charge in [-0.15, -0.1) is 0 Å². The van der Waals surface area contributed by atoms with Crippen LogP contribution in [0.2, 0.25) is 0 Å². The fraction of sp³-hybridized carbons (Fsp3) is 0.190. The molecule has 0 unspecified atom stereocenters. The Kier molecular flexibility index (Phi) is 6.16. The second kappa shape index (κ2) is 8.75. The zero-order valence-corrected chi connectivity index (χ0v) is 16.4. The number of aliphatic carboxylic acids is 1. The highest BCUT2D eigenvalue weighted by atomic mass is 32.2. The number of rotatable bonds is 6. The molecule has 3 rings (SSSR count). The van der Waals surface area contributed by atoms with Crippen LogP contribution in [0.5, 0.6) is 5.75 Å². The van der Waals surface area contributed by atoms with E-state index in [4.69, 9.17) is 4.74 Å². The Morgan fingerprint density at radius 3 is 2.68 bits per heavy atom. The van der Waals surface area contributed by atoms with Gasteiger partial charge in [0.1, 0.15) is 12.4 Å². The minimum atomic E-state index is -1.29. The molecule has 0 spiro atoms. The van der Waals surface area contributed by atoms with Crippen molar-refractivity contribution in [2.24, 2.45) is 4.99 Å². The number of hydrogen-bond donors (Lipinski definition) is 0. The summed E-state index contributed by atoms with van der Waals surface area (Å²) in [7, 11) is 1.69. The summed E-state index contributed by atoms with van der Waals surface area (Å²) in [6, 6.07) is 14.8. The van der Waals surface area contributed by atoms with Crippen molar-refractivity contribution >= 4 is 40.6 Å². The Hall–Kier alpha value is -3.06. The number of hydrogen-bond acceptors (Lipinski definition) is 6. The van der Waals surface area contributed by atoms with E-state index in [0.717, 1.165) is 17.7 Å². The zero-order valence-electron chi connectivity index (χ0n) is 15.5. The third-order valence-electron chi connectivity index (χ3n) is 4.09. The number of aliphatic imine (C=N–C) groups is 1. The first-order chi connectivity index (χ1) is 13.5. The number of carboxylic acids is 1. The molecular weight excluding hydrogens is 376 g/mol. The van der Waals surface area contributed by atoms with Crippen LogP contribution in [0.15, 0.2) is 58.4 Å². The lowest BCUT2D eigenvalue weighted by molar-refractivity contribution is -0.307. The number of carboxylic acid groups (broad SMARTS) is 1. The highest BCUT2D eigenvalue weighted by Crippen LogP contribution is 2.33. The Balaban J connectivity index is 1.79. The van der Waals surface area contributed by atoms with Gasteiger partial charge in [0.05, 0.1) is 16.6 Å². The first kappa shape index (κ1) is 19.7. The summed E-state index contributed by atoms with van der Waals surface area (Å²) in [5.41, 5.74) is 2.75. The van der Waals surface area contributed by atoms with Crippen molar-refractivity contribution in [2.45, 2.75) is 13.3 Å². The summed E-state index contributed by atoms with van der Waals surface area (Å²) in [5, 5.41) is 11.1. The first-order valence-corrected chi connectivity index (χ1v) is 9.56. The molecule has 2 aromatic carbocycles. The number of carbonyl (C=O) groups excluding carboxylic acids is 2. The van der Waals surface area contributed by atoms with Gasteiger partial charge in [-0.3, -0.25) is 9.69 Å². The number of ether oxygens (including phenoxy) is 1. The lowest BCUT2D eigenvalue weighted by Crippen LogP contribution is -2.28. The maximum atomic E-state index is 12.5. The zero-order chi connectivity index (χ0) is 20.1. The van der Waals surface area contributed by atoms with Gasteiger partial charge in [-0.1, -0.05) is 31.2 Å². The number of amides is 1. The van der Waals surface area contributed by atoms with Crippen LogP contribution in [-0.4, -0.2) is 35.6 Å². The smallest absolute Gasteiger partial charge is 0.266 e. The van der Waals surface area contributed by atoms with Crippen LogP contribution in [-0.2, 0) is 16.0 Å². The van der Waals surface area contributed by atoms with Crippen molar-refractivity contribution in [1.29, 1.82) is 0 Å². The SMILES string of the molecule is CCc1ccc(N=C2S/C(=C/c3cccc(OCC(=O)[O-])c3)C(=O)N2C)cc1. The highest BCUT2D eigenvalue weighted by Gasteiger charge is 2.30. The van der Waals surface area contributed by atoms with Gasteiger partial charge in [-0.25, -0.2) is 4.99 Å². The molecule has 1 amide bonds. The molecule has 0 aliphatic carbocycles. The first-order valence-electron chi connectivity index (χ1n) is 8.74. The second-order valence-corrected chi connectivity index (χ2v) is 7.13. The molecule has 2 aromatic rings. The van der Waals surface area contributed by atoms with Crippen molar-refractivity contribution in [1.82, 2.24) is 4.90 Å². The molecule has 1 fully saturated rings. The minimum Gasteiger partial charge on any atom is -0.546 e. The van der Waals surface area contributed by atoms with E-state index >= 15 is 0 Å². The van der Waals surface area contributed by atoms with Crippen LogP contribution in [0, 0.1) is 0 Å². The van der Waals surface area contributed by atoms with Gasteiger partial charge in [0.2, 0.25) is 0 Å². The van der Waals surface area contributed by atoms with Crippen LogP contribution in [0.25, 0.3) is 6.08 Å². The molecule has 7 heteroatoms. The molecule has 0 N–H and O–H groups in total. The van der Waals surface area contributed by atoms with E-state index in [0.29, 0.717) is 15.8 Å². The topological polar surface area (TPSA) is 82.0 Å². The van der Waals surface area contributed by atoms with E-state index in [1.54, 1.807) is 31.3 Å². The lowest BCUT2D eigenvalue weighted by atomic mass is 10.2. The van der Waals surface area contributed by atoms with Gasteiger partial charge < -0.3 is 14.6 Å². The standard InChI is InChI=1S/C21H20N2O4S/c1-3-14-7-9-16(10-8-14)22-21-23(2)20(26)18(28-21)12-15-5-4-6-17(11-15)27-13-19(24)25/h4-12H,3,13H2,1-2H3,(H,24,25)/p-1/b18-12+,22-21?. The van der Waals surface area contributed by atoms with E-state index in [9.17, 15) is 14.7 Å².